The number of allylic oxidation sites excluding steroid dienone is 1. The fraction of sp³-hybridized carbons (Fsp3) is 0.471. The highest BCUT2D eigenvalue weighted by molar-refractivity contribution is 9.12. The Kier molecular flexibility index (Phi) is 5.15. The third-order valence-electron chi connectivity index (χ3n) is 4.38. The monoisotopic (exact) mass is 367 g/mol. The summed E-state index contributed by atoms with van der Waals surface area (Å²) in [6.45, 7) is 1.70. The van der Waals surface area contributed by atoms with Crippen LogP contribution in [0.3, 0.4) is 0 Å². The molecule has 0 aromatic heterocycles. The normalized spacial score (nSPS) is 28.2. The second-order valence-corrected chi connectivity index (χ2v) is 7.03. The van der Waals surface area contributed by atoms with Crippen molar-refractivity contribution in [2.75, 3.05) is 13.2 Å². The molecular weight excluding hydrogens is 350 g/mol. The third kappa shape index (κ3) is 3.58. The fourth-order valence-corrected chi connectivity index (χ4v) is 4.09. The molecule has 3 atom stereocenters. The zero-order valence-corrected chi connectivity index (χ0v) is 14.1. The summed E-state index contributed by atoms with van der Waals surface area (Å²) in [5, 5.41) is 0. The number of aliphatic imine (C=N–C) groups is 1. The Balaban J connectivity index is 1.93. The van der Waals surface area contributed by atoms with Gasteiger partial charge < -0.3 is 4.74 Å². The van der Waals surface area contributed by atoms with Crippen LogP contribution in [-0.2, 0) is 4.74 Å². The smallest absolute Gasteiger partial charge is 0.130 e. The first-order valence-electron chi connectivity index (χ1n) is 7.43. The first kappa shape index (κ1) is 15.3. The maximum atomic E-state index is 6.52. The van der Waals surface area contributed by atoms with Crippen LogP contribution in [0.4, 0.5) is 0 Å². The zero-order valence-electron chi connectivity index (χ0n) is 11.8. The van der Waals surface area contributed by atoms with Crippen molar-refractivity contribution in [3.63, 3.8) is 0 Å². The summed E-state index contributed by atoms with van der Waals surface area (Å²) < 4.78 is 6.56. The average molecular weight is 369 g/mol. The molecule has 0 N–H and O–H groups in total. The van der Waals surface area contributed by atoms with Gasteiger partial charge in [-0.1, -0.05) is 48.0 Å². The second kappa shape index (κ2) is 7.08. The molecule has 2 aliphatic rings. The fourth-order valence-electron chi connectivity index (χ4n) is 3.38. The van der Waals surface area contributed by atoms with E-state index in [1.807, 2.05) is 0 Å². The van der Waals surface area contributed by atoms with Crippen LogP contribution in [0.15, 0.2) is 45.9 Å². The Morgan fingerprint density at radius 3 is 2.62 bits per heavy atom. The lowest BCUT2D eigenvalue weighted by Crippen LogP contribution is -2.31. The molecule has 3 unspecified atom stereocenters. The lowest BCUT2D eigenvalue weighted by atomic mass is 9.73. The van der Waals surface area contributed by atoms with Crippen LogP contribution in [0, 0.1) is 11.8 Å². The van der Waals surface area contributed by atoms with Crippen molar-refractivity contribution < 1.29 is 4.74 Å². The molecule has 0 spiro atoms. The standard InChI is InChI=1S/C17H19BrClNO/c18-14-10-15(17(19)20-11-14)16(12-4-2-1-3-5-12)13-6-8-21-9-7-13/h1-5,10-11,13,15-17H,6-9H2. The Morgan fingerprint density at radius 2 is 1.90 bits per heavy atom. The highest BCUT2D eigenvalue weighted by atomic mass is 79.9. The number of nitrogens with zero attached hydrogens (tertiary/aromatic N) is 1. The molecular formula is C17H19BrClNO. The molecule has 2 heterocycles. The molecule has 2 nitrogen and oxygen atoms in total. The topological polar surface area (TPSA) is 21.6 Å². The van der Waals surface area contributed by atoms with E-state index in [-0.39, 0.29) is 11.4 Å². The van der Waals surface area contributed by atoms with Crippen LogP contribution in [0.25, 0.3) is 0 Å². The van der Waals surface area contributed by atoms with Gasteiger partial charge in [-0.3, -0.25) is 4.99 Å². The van der Waals surface area contributed by atoms with Crippen molar-refractivity contribution in [3.8, 4) is 0 Å². The van der Waals surface area contributed by atoms with Gasteiger partial charge in [0.1, 0.15) is 5.50 Å². The predicted molar refractivity (Wildman–Crippen MR) is 91.4 cm³/mol. The second-order valence-electron chi connectivity index (χ2n) is 5.67. The van der Waals surface area contributed by atoms with E-state index in [1.54, 1.807) is 6.21 Å². The number of alkyl halides is 1. The van der Waals surface area contributed by atoms with Crippen LogP contribution >= 0.6 is 27.5 Å². The predicted octanol–water partition coefficient (Wildman–Crippen LogP) is 4.74. The van der Waals surface area contributed by atoms with Crippen LogP contribution in [0.2, 0.25) is 0 Å². The van der Waals surface area contributed by atoms with Crippen LogP contribution in [-0.4, -0.2) is 24.9 Å². The number of dihydropyridines is 1. The molecule has 4 heteroatoms. The largest absolute Gasteiger partial charge is 0.381 e. The van der Waals surface area contributed by atoms with Gasteiger partial charge in [0.05, 0.1) is 0 Å². The molecule has 2 aliphatic heterocycles. The van der Waals surface area contributed by atoms with Gasteiger partial charge in [0.15, 0.2) is 0 Å². The summed E-state index contributed by atoms with van der Waals surface area (Å²) >= 11 is 10.1. The van der Waals surface area contributed by atoms with Crippen molar-refractivity contribution in [2.24, 2.45) is 16.8 Å². The van der Waals surface area contributed by atoms with Gasteiger partial charge in [-0.05, 0) is 46.2 Å². The van der Waals surface area contributed by atoms with E-state index in [1.165, 1.54) is 5.56 Å². The van der Waals surface area contributed by atoms with Crippen molar-refractivity contribution in [3.05, 3.63) is 46.5 Å². The molecule has 0 radical (unpaired) electrons. The van der Waals surface area contributed by atoms with E-state index in [9.17, 15) is 0 Å². The lowest BCUT2D eigenvalue weighted by Gasteiger charge is -2.37. The highest BCUT2D eigenvalue weighted by Gasteiger charge is 2.35. The summed E-state index contributed by atoms with van der Waals surface area (Å²) in [5.41, 5.74) is 1.16. The van der Waals surface area contributed by atoms with Gasteiger partial charge in [0.2, 0.25) is 0 Å². The first-order chi connectivity index (χ1) is 10.3. The summed E-state index contributed by atoms with van der Waals surface area (Å²) in [5.74, 6) is 1.20. The molecule has 112 valence electrons. The number of hydrogen-bond donors (Lipinski definition) is 0. The number of benzene rings is 1. The van der Waals surface area contributed by atoms with Gasteiger partial charge in [-0.15, -0.1) is 0 Å². The summed E-state index contributed by atoms with van der Waals surface area (Å²) in [6, 6.07) is 10.7. The minimum atomic E-state index is -0.195. The summed E-state index contributed by atoms with van der Waals surface area (Å²) in [6.07, 6.45) is 6.21. The number of halogens is 2. The molecule has 0 saturated carbocycles. The van der Waals surface area contributed by atoms with E-state index in [2.05, 4.69) is 57.3 Å². The van der Waals surface area contributed by atoms with Crippen molar-refractivity contribution in [1.29, 1.82) is 0 Å². The van der Waals surface area contributed by atoms with Crippen LogP contribution in [0.5, 0.6) is 0 Å². The van der Waals surface area contributed by atoms with Gasteiger partial charge in [0, 0.05) is 29.8 Å². The third-order valence-corrected chi connectivity index (χ3v) is 5.26. The first-order valence-corrected chi connectivity index (χ1v) is 8.66. The van der Waals surface area contributed by atoms with E-state index in [0.29, 0.717) is 11.8 Å². The van der Waals surface area contributed by atoms with Gasteiger partial charge in [-0.25, -0.2) is 0 Å². The number of rotatable bonds is 3. The van der Waals surface area contributed by atoms with E-state index in [4.69, 9.17) is 16.3 Å². The van der Waals surface area contributed by atoms with E-state index < -0.39 is 0 Å². The number of ether oxygens (including phenoxy) is 1. The molecule has 21 heavy (non-hydrogen) atoms. The van der Waals surface area contributed by atoms with Crippen molar-refractivity contribution >= 4 is 33.7 Å². The molecule has 1 aromatic carbocycles. The molecule has 1 saturated heterocycles. The SMILES string of the molecule is ClC1N=CC(Br)=CC1C(c1ccccc1)C1CCOCC1. The Morgan fingerprint density at radius 1 is 1.19 bits per heavy atom. The Bertz CT molecular complexity index is 525. The maximum Gasteiger partial charge on any atom is 0.130 e. The van der Waals surface area contributed by atoms with Crippen LogP contribution in [0.1, 0.15) is 24.3 Å². The highest BCUT2D eigenvalue weighted by Crippen LogP contribution is 2.43. The summed E-state index contributed by atoms with van der Waals surface area (Å²) in [7, 11) is 0. The molecule has 0 bridgehead atoms. The quantitative estimate of drug-likeness (QED) is 0.558. The van der Waals surface area contributed by atoms with Gasteiger partial charge in [0.25, 0.3) is 0 Å². The molecule has 3 rings (SSSR count). The van der Waals surface area contributed by atoms with Gasteiger partial charge >= 0.3 is 0 Å². The Labute approximate surface area is 139 Å². The van der Waals surface area contributed by atoms with Gasteiger partial charge in [-0.2, -0.15) is 0 Å². The minimum Gasteiger partial charge on any atom is -0.381 e. The molecule has 0 amide bonds. The van der Waals surface area contributed by atoms with Crippen molar-refractivity contribution in [2.45, 2.75) is 24.3 Å². The minimum absolute atomic E-state index is 0.195. The molecule has 1 aromatic rings. The van der Waals surface area contributed by atoms with Crippen LogP contribution < -0.4 is 0 Å². The number of hydrogen-bond acceptors (Lipinski definition) is 2. The molecule has 1 fully saturated rings. The Hall–Kier alpha value is -0.640. The maximum absolute atomic E-state index is 6.52. The zero-order chi connectivity index (χ0) is 14.7. The lowest BCUT2D eigenvalue weighted by molar-refractivity contribution is 0.0525. The van der Waals surface area contributed by atoms with Crippen molar-refractivity contribution in [1.82, 2.24) is 0 Å². The summed E-state index contributed by atoms with van der Waals surface area (Å²) in [4.78, 5) is 4.43. The van der Waals surface area contributed by atoms with E-state index >= 15 is 0 Å². The average Bonchev–Trinajstić information content (AvgIpc) is 2.53. The van der Waals surface area contributed by atoms with E-state index in [0.717, 1.165) is 30.5 Å². The molecule has 0 aliphatic carbocycles.